The van der Waals surface area contributed by atoms with E-state index in [9.17, 15) is 13.2 Å². The molecule has 2 aromatic heterocycles. The minimum absolute atomic E-state index is 0.0415. The molecule has 0 aliphatic heterocycles. The number of halogens is 3. The molecule has 0 fully saturated rings. The van der Waals surface area contributed by atoms with E-state index in [0.717, 1.165) is 4.40 Å². The van der Waals surface area contributed by atoms with E-state index in [4.69, 9.17) is 5.11 Å². The van der Waals surface area contributed by atoms with Crippen LogP contribution in [0.5, 0.6) is 5.88 Å². The number of rotatable bonds is 0. The predicted octanol–water partition coefficient (Wildman–Crippen LogP) is 2.06. The normalized spacial score (nSPS) is 12.2. The number of hydrogen-bond donors (Lipinski definition) is 1. The Kier molecular flexibility index (Phi) is 1.67. The zero-order valence-corrected chi connectivity index (χ0v) is 6.78. The average molecular weight is 202 g/mol. The van der Waals surface area contributed by atoms with Gasteiger partial charge in [0.2, 0.25) is 11.7 Å². The summed E-state index contributed by atoms with van der Waals surface area (Å²) >= 11 is 0. The van der Waals surface area contributed by atoms with E-state index in [0.29, 0.717) is 0 Å². The van der Waals surface area contributed by atoms with Gasteiger partial charge in [-0.3, -0.25) is 4.40 Å². The first kappa shape index (κ1) is 8.86. The fraction of sp³-hybridized carbons (Fsp3) is 0.125. The second-order valence-electron chi connectivity index (χ2n) is 2.71. The molecule has 0 saturated carbocycles. The molecule has 0 aliphatic carbocycles. The maximum absolute atomic E-state index is 12.3. The third-order valence-corrected chi connectivity index (χ3v) is 1.78. The lowest BCUT2D eigenvalue weighted by Gasteiger charge is -2.03. The van der Waals surface area contributed by atoms with Gasteiger partial charge in [0.25, 0.3) is 0 Å². The number of aromatic nitrogens is 2. The van der Waals surface area contributed by atoms with Crippen LogP contribution in [0.3, 0.4) is 0 Å². The molecular weight excluding hydrogens is 197 g/mol. The van der Waals surface area contributed by atoms with E-state index in [1.807, 2.05) is 0 Å². The third kappa shape index (κ3) is 1.19. The van der Waals surface area contributed by atoms with Crippen LogP contribution in [0.4, 0.5) is 13.2 Å². The largest absolute Gasteiger partial charge is 0.492 e. The number of hydrogen-bond acceptors (Lipinski definition) is 2. The van der Waals surface area contributed by atoms with E-state index >= 15 is 0 Å². The van der Waals surface area contributed by atoms with Crippen LogP contribution in [0.1, 0.15) is 5.82 Å². The lowest BCUT2D eigenvalue weighted by atomic mass is 10.4. The summed E-state index contributed by atoms with van der Waals surface area (Å²) in [6.07, 6.45) is -3.36. The second-order valence-corrected chi connectivity index (χ2v) is 2.71. The van der Waals surface area contributed by atoms with Gasteiger partial charge in [0, 0.05) is 6.20 Å². The molecule has 0 spiro atoms. The summed E-state index contributed by atoms with van der Waals surface area (Å²) in [6, 6.07) is 4.32. The van der Waals surface area contributed by atoms with Gasteiger partial charge in [-0.15, -0.1) is 0 Å². The molecule has 2 rings (SSSR count). The minimum atomic E-state index is -4.56. The first-order valence-electron chi connectivity index (χ1n) is 3.73. The molecular formula is C8H5F3N2O. The van der Waals surface area contributed by atoms with Crippen molar-refractivity contribution >= 4 is 5.52 Å². The van der Waals surface area contributed by atoms with Gasteiger partial charge in [-0.2, -0.15) is 18.2 Å². The molecule has 74 valence electrons. The molecule has 0 atom stereocenters. The smallest absolute Gasteiger partial charge is 0.450 e. The van der Waals surface area contributed by atoms with Crippen LogP contribution in [0, 0.1) is 0 Å². The van der Waals surface area contributed by atoms with Gasteiger partial charge in [0.05, 0.1) is 0 Å². The Morgan fingerprint density at radius 3 is 2.64 bits per heavy atom. The first-order valence-corrected chi connectivity index (χ1v) is 3.73. The highest BCUT2D eigenvalue weighted by Gasteiger charge is 2.37. The van der Waals surface area contributed by atoms with Gasteiger partial charge in [0.15, 0.2) is 0 Å². The molecule has 0 aromatic carbocycles. The molecule has 0 saturated heterocycles. The van der Waals surface area contributed by atoms with Crippen molar-refractivity contribution in [3.05, 3.63) is 30.2 Å². The van der Waals surface area contributed by atoms with Crippen molar-refractivity contribution in [3.8, 4) is 5.88 Å². The van der Waals surface area contributed by atoms with Crippen molar-refractivity contribution in [2.24, 2.45) is 0 Å². The highest BCUT2D eigenvalue weighted by atomic mass is 19.4. The summed E-state index contributed by atoms with van der Waals surface area (Å²) < 4.78 is 37.8. The molecule has 0 radical (unpaired) electrons. The molecule has 1 N–H and O–H groups in total. The Labute approximate surface area is 76.4 Å². The van der Waals surface area contributed by atoms with E-state index in [1.165, 1.54) is 24.4 Å². The topological polar surface area (TPSA) is 37.5 Å². The van der Waals surface area contributed by atoms with Crippen LogP contribution < -0.4 is 0 Å². The Morgan fingerprint density at radius 2 is 2.00 bits per heavy atom. The van der Waals surface area contributed by atoms with Gasteiger partial charge in [-0.25, -0.2) is 0 Å². The van der Waals surface area contributed by atoms with Gasteiger partial charge < -0.3 is 5.11 Å². The first-order chi connectivity index (χ1) is 6.50. The molecule has 14 heavy (non-hydrogen) atoms. The molecule has 6 heteroatoms. The van der Waals surface area contributed by atoms with Crippen LogP contribution in [0.2, 0.25) is 0 Å². The number of aromatic hydroxyl groups is 1. The lowest BCUT2D eigenvalue weighted by molar-refractivity contribution is -0.145. The van der Waals surface area contributed by atoms with Crippen molar-refractivity contribution in [1.29, 1.82) is 0 Å². The van der Waals surface area contributed by atoms with Crippen molar-refractivity contribution in [1.82, 2.24) is 9.38 Å². The quantitative estimate of drug-likeness (QED) is 0.709. The standard InChI is InChI=1S/C8H5F3N2O/c9-8(10,11)7-12-6(14)5-3-1-2-4-13(5)7/h1-4,14H. The number of imidazole rings is 1. The average Bonchev–Trinajstić information content (AvgIpc) is 2.44. The number of pyridine rings is 1. The Morgan fingerprint density at radius 1 is 1.29 bits per heavy atom. The molecule has 0 unspecified atom stereocenters. The van der Waals surface area contributed by atoms with E-state index in [2.05, 4.69) is 4.98 Å². The van der Waals surface area contributed by atoms with Crippen LogP contribution in [0.15, 0.2) is 24.4 Å². The van der Waals surface area contributed by atoms with Crippen molar-refractivity contribution in [3.63, 3.8) is 0 Å². The zero-order valence-electron chi connectivity index (χ0n) is 6.78. The highest BCUT2D eigenvalue weighted by molar-refractivity contribution is 5.57. The molecule has 3 nitrogen and oxygen atoms in total. The van der Waals surface area contributed by atoms with Crippen molar-refractivity contribution < 1.29 is 18.3 Å². The van der Waals surface area contributed by atoms with E-state index < -0.39 is 17.9 Å². The molecule has 0 amide bonds. The predicted molar refractivity (Wildman–Crippen MR) is 41.9 cm³/mol. The number of fused-ring (bicyclic) bond motifs is 1. The second kappa shape index (κ2) is 2.63. The van der Waals surface area contributed by atoms with Crippen LogP contribution in [-0.2, 0) is 6.18 Å². The summed E-state index contributed by atoms with van der Waals surface area (Å²) in [5.41, 5.74) is 0.0415. The SMILES string of the molecule is Oc1nc(C(F)(F)F)n2ccccc12. The van der Waals surface area contributed by atoms with Gasteiger partial charge in [-0.1, -0.05) is 6.07 Å². The van der Waals surface area contributed by atoms with Crippen LogP contribution >= 0.6 is 0 Å². The van der Waals surface area contributed by atoms with E-state index in [-0.39, 0.29) is 5.52 Å². The fourth-order valence-electron chi connectivity index (χ4n) is 1.22. The molecule has 0 aliphatic rings. The summed E-state index contributed by atoms with van der Waals surface area (Å²) in [5.74, 6) is -1.73. The molecule has 0 bridgehead atoms. The maximum Gasteiger partial charge on any atom is 0.450 e. The Hall–Kier alpha value is -1.72. The van der Waals surface area contributed by atoms with E-state index in [1.54, 1.807) is 0 Å². The van der Waals surface area contributed by atoms with Crippen molar-refractivity contribution in [2.75, 3.05) is 0 Å². The number of nitrogens with zero attached hydrogens (tertiary/aromatic N) is 2. The van der Waals surface area contributed by atoms with Crippen LogP contribution in [0.25, 0.3) is 5.52 Å². The summed E-state index contributed by atoms with van der Waals surface area (Å²) in [6.45, 7) is 0. The summed E-state index contributed by atoms with van der Waals surface area (Å²) in [5, 5.41) is 9.12. The monoisotopic (exact) mass is 202 g/mol. The van der Waals surface area contributed by atoms with Gasteiger partial charge in [0.1, 0.15) is 5.52 Å². The minimum Gasteiger partial charge on any atom is -0.492 e. The Bertz CT molecular complexity index is 475. The molecule has 2 aromatic rings. The lowest BCUT2D eigenvalue weighted by Crippen LogP contribution is -2.10. The highest BCUT2D eigenvalue weighted by Crippen LogP contribution is 2.31. The third-order valence-electron chi connectivity index (χ3n) is 1.78. The maximum atomic E-state index is 12.3. The van der Waals surface area contributed by atoms with Crippen LogP contribution in [-0.4, -0.2) is 14.5 Å². The Balaban J connectivity index is 2.80. The summed E-state index contributed by atoms with van der Waals surface area (Å²) in [7, 11) is 0. The summed E-state index contributed by atoms with van der Waals surface area (Å²) in [4.78, 5) is 3.05. The fourth-order valence-corrected chi connectivity index (χ4v) is 1.22. The number of alkyl halides is 3. The van der Waals surface area contributed by atoms with Crippen molar-refractivity contribution in [2.45, 2.75) is 6.18 Å². The van der Waals surface area contributed by atoms with Gasteiger partial charge in [-0.05, 0) is 12.1 Å². The molecule has 2 heterocycles. The van der Waals surface area contributed by atoms with Gasteiger partial charge >= 0.3 is 6.18 Å². The zero-order chi connectivity index (χ0) is 10.3.